The van der Waals surface area contributed by atoms with Crippen LogP contribution in [0.25, 0.3) is 0 Å². The Labute approximate surface area is 90.7 Å². The molecule has 0 radical (unpaired) electrons. The topological polar surface area (TPSA) is 52.0 Å². The maximum Gasteiger partial charge on any atom is 0.0764 e. The maximum atomic E-state index is 6.37. The fourth-order valence-electron chi connectivity index (χ4n) is 3.71. The van der Waals surface area contributed by atoms with E-state index in [-0.39, 0.29) is 5.41 Å². The molecular weight excluding hydrogens is 184 g/mol. The standard InChI is InChI=1S/C13H18N2/c14-13(15)11-6-8-12(13,9-7-11)10-4-2-1-3-5-10/h1-5,11H,6-9,14-15H2. The predicted molar refractivity (Wildman–Crippen MR) is 61.2 cm³/mol. The summed E-state index contributed by atoms with van der Waals surface area (Å²) in [5, 5.41) is 0. The van der Waals surface area contributed by atoms with Crippen molar-refractivity contribution in [1.29, 1.82) is 0 Å². The van der Waals surface area contributed by atoms with Crippen LogP contribution >= 0.6 is 0 Å². The van der Waals surface area contributed by atoms with Gasteiger partial charge in [0.25, 0.3) is 0 Å². The number of fused-ring (bicyclic) bond motifs is 2. The first-order valence-corrected chi connectivity index (χ1v) is 5.80. The van der Waals surface area contributed by atoms with Gasteiger partial charge in [0, 0.05) is 5.41 Å². The molecule has 2 fully saturated rings. The van der Waals surface area contributed by atoms with Crippen molar-refractivity contribution in [2.24, 2.45) is 17.4 Å². The Kier molecular flexibility index (Phi) is 1.77. The Morgan fingerprint density at radius 3 is 2.07 bits per heavy atom. The second-order valence-electron chi connectivity index (χ2n) is 5.16. The van der Waals surface area contributed by atoms with E-state index >= 15 is 0 Å². The number of rotatable bonds is 1. The fourth-order valence-corrected chi connectivity index (χ4v) is 3.71. The highest BCUT2D eigenvalue weighted by Gasteiger charge is 2.60. The van der Waals surface area contributed by atoms with Gasteiger partial charge in [-0.1, -0.05) is 30.3 Å². The summed E-state index contributed by atoms with van der Waals surface area (Å²) in [6.45, 7) is 0. The van der Waals surface area contributed by atoms with Gasteiger partial charge in [-0.05, 0) is 37.2 Å². The van der Waals surface area contributed by atoms with Crippen molar-refractivity contribution in [3.05, 3.63) is 35.9 Å². The van der Waals surface area contributed by atoms with Gasteiger partial charge in [-0.25, -0.2) is 0 Å². The first-order chi connectivity index (χ1) is 7.17. The summed E-state index contributed by atoms with van der Waals surface area (Å²) < 4.78 is 0. The van der Waals surface area contributed by atoms with Crippen molar-refractivity contribution in [3.63, 3.8) is 0 Å². The third kappa shape index (κ3) is 1.01. The highest BCUT2D eigenvalue weighted by atomic mass is 15.0. The lowest BCUT2D eigenvalue weighted by Crippen LogP contribution is -2.61. The maximum absolute atomic E-state index is 6.37. The SMILES string of the molecule is NC1(N)C2CCC1(c1ccccc1)CC2. The number of hydrogen-bond donors (Lipinski definition) is 2. The lowest BCUT2D eigenvalue weighted by atomic mass is 9.73. The van der Waals surface area contributed by atoms with Gasteiger partial charge >= 0.3 is 0 Å². The number of nitrogens with two attached hydrogens (primary N) is 2. The fraction of sp³-hybridized carbons (Fsp3) is 0.538. The van der Waals surface area contributed by atoms with Crippen molar-refractivity contribution in [1.82, 2.24) is 0 Å². The van der Waals surface area contributed by atoms with Gasteiger partial charge in [0.2, 0.25) is 0 Å². The zero-order valence-corrected chi connectivity index (χ0v) is 8.95. The normalized spacial score (nSPS) is 37.1. The molecule has 0 spiro atoms. The summed E-state index contributed by atoms with van der Waals surface area (Å²) in [4.78, 5) is 0. The van der Waals surface area contributed by atoms with Crippen LogP contribution in [0.1, 0.15) is 31.2 Å². The Balaban J connectivity index is 2.11. The highest BCUT2D eigenvalue weighted by molar-refractivity contribution is 5.35. The van der Waals surface area contributed by atoms with E-state index in [9.17, 15) is 0 Å². The van der Waals surface area contributed by atoms with Gasteiger partial charge in [0.15, 0.2) is 0 Å². The van der Waals surface area contributed by atoms with E-state index in [1.54, 1.807) is 0 Å². The van der Waals surface area contributed by atoms with Crippen LogP contribution in [0.4, 0.5) is 0 Å². The summed E-state index contributed by atoms with van der Waals surface area (Å²) >= 11 is 0. The van der Waals surface area contributed by atoms with Gasteiger partial charge in [-0.2, -0.15) is 0 Å². The molecule has 2 bridgehead atoms. The number of benzene rings is 1. The van der Waals surface area contributed by atoms with Crippen molar-refractivity contribution < 1.29 is 0 Å². The molecule has 1 aromatic rings. The molecule has 15 heavy (non-hydrogen) atoms. The lowest BCUT2D eigenvalue weighted by molar-refractivity contribution is 0.283. The van der Waals surface area contributed by atoms with Crippen LogP contribution in [0, 0.1) is 5.92 Å². The highest BCUT2D eigenvalue weighted by Crippen LogP contribution is 2.58. The van der Waals surface area contributed by atoms with Crippen molar-refractivity contribution >= 4 is 0 Å². The van der Waals surface area contributed by atoms with E-state index in [4.69, 9.17) is 11.5 Å². The first-order valence-electron chi connectivity index (χ1n) is 5.80. The van der Waals surface area contributed by atoms with Crippen LogP contribution in [0.3, 0.4) is 0 Å². The van der Waals surface area contributed by atoms with Gasteiger partial charge in [-0.3, -0.25) is 0 Å². The second kappa shape index (κ2) is 2.83. The molecule has 80 valence electrons. The van der Waals surface area contributed by atoms with Crippen molar-refractivity contribution in [3.8, 4) is 0 Å². The zero-order chi connectivity index (χ0) is 10.5. The van der Waals surface area contributed by atoms with E-state index in [1.807, 2.05) is 0 Å². The minimum Gasteiger partial charge on any atom is -0.313 e. The zero-order valence-electron chi connectivity index (χ0n) is 8.95. The number of hydrogen-bond acceptors (Lipinski definition) is 2. The molecule has 0 amide bonds. The van der Waals surface area contributed by atoms with Gasteiger partial charge in [0.1, 0.15) is 0 Å². The lowest BCUT2D eigenvalue weighted by Gasteiger charge is -2.38. The smallest absolute Gasteiger partial charge is 0.0764 e. The average molecular weight is 202 g/mol. The molecule has 2 aliphatic rings. The molecule has 2 heteroatoms. The van der Waals surface area contributed by atoms with Crippen molar-refractivity contribution in [2.75, 3.05) is 0 Å². The molecule has 0 unspecified atom stereocenters. The quantitative estimate of drug-likeness (QED) is 0.682. The summed E-state index contributed by atoms with van der Waals surface area (Å²) in [5.41, 5.74) is 13.7. The van der Waals surface area contributed by atoms with Gasteiger partial charge < -0.3 is 11.5 Å². The van der Waals surface area contributed by atoms with E-state index in [2.05, 4.69) is 30.3 Å². The molecule has 2 saturated carbocycles. The Hall–Kier alpha value is -0.860. The Morgan fingerprint density at radius 2 is 1.60 bits per heavy atom. The molecule has 1 aromatic carbocycles. The largest absolute Gasteiger partial charge is 0.313 e. The third-order valence-corrected chi connectivity index (χ3v) is 4.67. The predicted octanol–water partition coefficient (Wildman–Crippen LogP) is 1.74. The third-order valence-electron chi connectivity index (χ3n) is 4.67. The van der Waals surface area contributed by atoms with Gasteiger partial charge in [-0.15, -0.1) is 0 Å². The molecule has 0 heterocycles. The monoisotopic (exact) mass is 202 g/mol. The molecule has 4 N–H and O–H groups in total. The molecule has 0 saturated heterocycles. The van der Waals surface area contributed by atoms with Crippen LogP contribution in [-0.4, -0.2) is 5.66 Å². The molecule has 0 atom stereocenters. The molecule has 2 nitrogen and oxygen atoms in total. The summed E-state index contributed by atoms with van der Waals surface area (Å²) in [6.07, 6.45) is 4.72. The Bertz CT molecular complexity index is 361. The van der Waals surface area contributed by atoms with Crippen LogP contribution in [0.5, 0.6) is 0 Å². The molecule has 2 aliphatic carbocycles. The van der Waals surface area contributed by atoms with Crippen molar-refractivity contribution in [2.45, 2.75) is 36.8 Å². The van der Waals surface area contributed by atoms with Crippen LogP contribution < -0.4 is 11.5 Å². The minimum atomic E-state index is -0.478. The van der Waals surface area contributed by atoms with Crippen LogP contribution in [-0.2, 0) is 5.41 Å². The summed E-state index contributed by atoms with van der Waals surface area (Å²) in [5.74, 6) is 0.526. The van der Waals surface area contributed by atoms with Crippen LogP contribution in [0.15, 0.2) is 30.3 Å². The second-order valence-corrected chi connectivity index (χ2v) is 5.16. The molecule has 0 aliphatic heterocycles. The molecular formula is C13H18N2. The van der Waals surface area contributed by atoms with Crippen LogP contribution in [0.2, 0.25) is 0 Å². The average Bonchev–Trinajstić information content (AvgIpc) is 2.68. The van der Waals surface area contributed by atoms with E-state index in [0.29, 0.717) is 5.92 Å². The molecule has 3 rings (SSSR count). The summed E-state index contributed by atoms with van der Waals surface area (Å²) in [6, 6.07) is 10.6. The van der Waals surface area contributed by atoms with E-state index < -0.39 is 5.66 Å². The van der Waals surface area contributed by atoms with E-state index in [1.165, 1.54) is 18.4 Å². The minimum absolute atomic E-state index is 0.0545. The Morgan fingerprint density at radius 1 is 1.00 bits per heavy atom. The van der Waals surface area contributed by atoms with E-state index in [0.717, 1.165) is 12.8 Å². The first kappa shape index (κ1) is 9.37. The summed E-state index contributed by atoms with van der Waals surface area (Å²) in [7, 11) is 0. The molecule has 0 aromatic heterocycles. The van der Waals surface area contributed by atoms with Gasteiger partial charge in [0.05, 0.1) is 5.66 Å².